The predicted octanol–water partition coefficient (Wildman–Crippen LogP) is 3.95. The van der Waals surface area contributed by atoms with Gasteiger partial charge in [0.2, 0.25) is 0 Å². The van der Waals surface area contributed by atoms with E-state index in [-0.39, 0.29) is 5.92 Å². The minimum absolute atomic E-state index is 0.0328. The maximum Gasteiger partial charge on any atom is 0.0920 e. The van der Waals surface area contributed by atoms with Gasteiger partial charge in [-0.3, -0.25) is 4.90 Å². The van der Waals surface area contributed by atoms with Crippen LogP contribution in [0.2, 0.25) is 0 Å². The lowest BCUT2D eigenvalue weighted by molar-refractivity contribution is 0.0894. The standard InChI is InChI=1S/C25H31N3O/c1-4-18-5-7-24-20(9-18)15-28(16-25(24)29)12-17(2)19-6-8-23-21(10-19)13-27(3)14-22(23)11-26/h5-10,17,22,25,29H,4,12-16H2,1-3H3. The molecule has 2 heterocycles. The smallest absolute Gasteiger partial charge is 0.0920 e. The molecule has 29 heavy (non-hydrogen) atoms. The van der Waals surface area contributed by atoms with Gasteiger partial charge in [-0.05, 0) is 52.8 Å². The van der Waals surface area contributed by atoms with Gasteiger partial charge in [-0.1, -0.05) is 50.2 Å². The second-order valence-corrected chi connectivity index (χ2v) is 8.83. The summed E-state index contributed by atoms with van der Waals surface area (Å²) in [5.74, 6) is 0.339. The van der Waals surface area contributed by atoms with Gasteiger partial charge in [-0.2, -0.15) is 5.26 Å². The Morgan fingerprint density at radius 3 is 2.62 bits per heavy atom. The van der Waals surface area contributed by atoms with Crippen LogP contribution in [0.25, 0.3) is 0 Å². The number of nitrogens with zero attached hydrogens (tertiary/aromatic N) is 3. The first-order valence-corrected chi connectivity index (χ1v) is 10.7. The third kappa shape index (κ3) is 4.09. The summed E-state index contributed by atoms with van der Waals surface area (Å²) >= 11 is 0. The zero-order valence-electron chi connectivity index (χ0n) is 17.7. The lowest BCUT2D eigenvalue weighted by Crippen LogP contribution is -2.36. The average molecular weight is 390 g/mol. The fourth-order valence-corrected chi connectivity index (χ4v) is 4.91. The molecule has 2 aliphatic rings. The van der Waals surface area contributed by atoms with Gasteiger partial charge in [0, 0.05) is 32.7 Å². The van der Waals surface area contributed by atoms with Crippen LogP contribution in [0.5, 0.6) is 0 Å². The molecule has 1 N–H and O–H groups in total. The number of rotatable bonds is 4. The molecule has 3 atom stereocenters. The van der Waals surface area contributed by atoms with Crippen molar-refractivity contribution < 1.29 is 5.11 Å². The minimum atomic E-state index is -0.412. The number of β-amino-alcohol motifs (C(OH)–C–C–N with tert-alkyl or cyclic N) is 1. The number of hydrogen-bond donors (Lipinski definition) is 1. The van der Waals surface area contributed by atoms with Crippen LogP contribution < -0.4 is 0 Å². The summed E-state index contributed by atoms with van der Waals surface area (Å²) in [6.07, 6.45) is 0.609. The summed E-state index contributed by atoms with van der Waals surface area (Å²) in [6.45, 7) is 8.66. The van der Waals surface area contributed by atoms with Gasteiger partial charge in [-0.25, -0.2) is 0 Å². The van der Waals surface area contributed by atoms with Gasteiger partial charge in [0.25, 0.3) is 0 Å². The van der Waals surface area contributed by atoms with Crippen LogP contribution in [0.4, 0.5) is 0 Å². The molecule has 0 saturated heterocycles. The minimum Gasteiger partial charge on any atom is -0.387 e. The average Bonchev–Trinajstić information content (AvgIpc) is 2.72. The van der Waals surface area contributed by atoms with Crippen LogP contribution in [-0.2, 0) is 19.5 Å². The van der Waals surface area contributed by atoms with Crippen LogP contribution in [0.15, 0.2) is 36.4 Å². The quantitative estimate of drug-likeness (QED) is 0.860. The van der Waals surface area contributed by atoms with E-state index in [0.29, 0.717) is 12.5 Å². The Morgan fingerprint density at radius 2 is 1.86 bits per heavy atom. The number of hydrogen-bond acceptors (Lipinski definition) is 4. The SMILES string of the molecule is CCc1ccc2c(c1)CN(CC(C)c1ccc3c(c1)CN(C)CC3C#N)CC2O. The van der Waals surface area contributed by atoms with E-state index in [0.717, 1.165) is 38.2 Å². The zero-order chi connectivity index (χ0) is 20.5. The third-order valence-electron chi connectivity index (χ3n) is 6.53. The largest absolute Gasteiger partial charge is 0.387 e. The maximum atomic E-state index is 10.6. The first kappa shape index (κ1) is 20.1. The number of aliphatic hydroxyl groups is 1. The highest BCUT2D eigenvalue weighted by Crippen LogP contribution is 2.32. The first-order chi connectivity index (χ1) is 14.0. The van der Waals surface area contributed by atoms with E-state index in [1.165, 1.54) is 27.8 Å². The molecule has 2 aromatic carbocycles. The molecule has 0 saturated carbocycles. The van der Waals surface area contributed by atoms with Crippen molar-refractivity contribution in [3.05, 3.63) is 69.8 Å². The Labute approximate surface area is 174 Å². The Bertz CT molecular complexity index is 932. The summed E-state index contributed by atoms with van der Waals surface area (Å²) < 4.78 is 0. The fourth-order valence-electron chi connectivity index (χ4n) is 4.91. The van der Waals surface area contributed by atoms with Crippen molar-refractivity contribution in [2.24, 2.45) is 0 Å². The zero-order valence-corrected chi connectivity index (χ0v) is 17.7. The Kier molecular flexibility index (Phi) is 5.74. The molecule has 0 radical (unpaired) electrons. The molecule has 0 amide bonds. The highest BCUT2D eigenvalue weighted by molar-refractivity contribution is 5.40. The van der Waals surface area contributed by atoms with E-state index in [4.69, 9.17) is 0 Å². The highest BCUT2D eigenvalue weighted by Gasteiger charge is 2.27. The Balaban J connectivity index is 1.50. The van der Waals surface area contributed by atoms with Crippen LogP contribution >= 0.6 is 0 Å². The van der Waals surface area contributed by atoms with Crippen molar-refractivity contribution in [2.45, 2.75) is 51.3 Å². The molecule has 0 fully saturated rings. The Hall–Kier alpha value is -2.19. The topological polar surface area (TPSA) is 50.5 Å². The second-order valence-electron chi connectivity index (χ2n) is 8.83. The lowest BCUT2D eigenvalue weighted by atomic mass is 9.87. The van der Waals surface area contributed by atoms with Crippen molar-refractivity contribution in [2.75, 3.05) is 26.7 Å². The normalized spacial score (nSPS) is 23.1. The molecule has 4 nitrogen and oxygen atoms in total. The van der Waals surface area contributed by atoms with Gasteiger partial charge in [0.1, 0.15) is 0 Å². The first-order valence-electron chi connectivity index (χ1n) is 10.7. The number of benzene rings is 2. The number of fused-ring (bicyclic) bond motifs is 2. The molecule has 2 aromatic rings. The summed E-state index contributed by atoms with van der Waals surface area (Å²) in [5, 5.41) is 20.1. The third-order valence-corrected chi connectivity index (χ3v) is 6.53. The van der Waals surface area contributed by atoms with Gasteiger partial charge in [0.05, 0.1) is 18.1 Å². The summed E-state index contributed by atoms with van der Waals surface area (Å²) in [7, 11) is 2.08. The molecule has 0 aromatic heterocycles. The molecule has 0 bridgehead atoms. The molecule has 4 heteroatoms. The van der Waals surface area contributed by atoms with E-state index >= 15 is 0 Å². The molecular formula is C25H31N3O. The number of likely N-dealkylation sites (N-methyl/N-ethyl adjacent to an activating group) is 1. The van der Waals surface area contributed by atoms with Crippen molar-refractivity contribution >= 4 is 0 Å². The molecule has 2 aliphatic heterocycles. The monoisotopic (exact) mass is 389 g/mol. The van der Waals surface area contributed by atoms with E-state index in [1.807, 2.05) is 0 Å². The van der Waals surface area contributed by atoms with Crippen LogP contribution in [0.1, 0.15) is 65.2 Å². The molecule has 4 rings (SSSR count). The van der Waals surface area contributed by atoms with Crippen LogP contribution in [0, 0.1) is 11.3 Å². The number of aliphatic hydroxyl groups excluding tert-OH is 1. The molecule has 0 aliphatic carbocycles. The molecule has 152 valence electrons. The van der Waals surface area contributed by atoms with E-state index in [2.05, 4.69) is 73.2 Å². The van der Waals surface area contributed by atoms with Crippen molar-refractivity contribution in [1.29, 1.82) is 5.26 Å². The van der Waals surface area contributed by atoms with Crippen molar-refractivity contribution in [3.8, 4) is 6.07 Å². The number of nitriles is 1. The van der Waals surface area contributed by atoms with Gasteiger partial charge in [0.15, 0.2) is 0 Å². The Morgan fingerprint density at radius 1 is 1.10 bits per heavy atom. The lowest BCUT2D eigenvalue weighted by Gasteiger charge is -2.34. The van der Waals surface area contributed by atoms with E-state index in [1.54, 1.807) is 0 Å². The van der Waals surface area contributed by atoms with Gasteiger partial charge < -0.3 is 10.0 Å². The van der Waals surface area contributed by atoms with E-state index < -0.39 is 6.10 Å². The van der Waals surface area contributed by atoms with E-state index in [9.17, 15) is 10.4 Å². The second kappa shape index (κ2) is 8.28. The van der Waals surface area contributed by atoms with Crippen LogP contribution in [-0.4, -0.2) is 41.6 Å². The summed E-state index contributed by atoms with van der Waals surface area (Å²) in [6, 6.07) is 15.6. The number of aryl methyl sites for hydroxylation is 1. The highest BCUT2D eigenvalue weighted by atomic mass is 16.3. The van der Waals surface area contributed by atoms with Crippen molar-refractivity contribution in [3.63, 3.8) is 0 Å². The van der Waals surface area contributed by atoms with Gasteiger partial charge >= 0.3 is 0 Å². The van der Waals surface area contributed by atoms with Crippen LogP contribution in [0.3, 0.4) is 0 Å². The van der Waals surface area contributed by atoms with Crippen molar-refractivity contribution in [1.82, 2.24) is 9.80 Å². The maximum absolute atomic E-state index is 10.6. The predicted molar refractivity (Wildman–Crippen MR) is 116 cm³/mol. The van der Waals surface area contributed by atoms with Gasteiger partial charge in [-0.15, -0.1) is 0 Å². The summed E-state index contributed by atoms with van der Waals surface area (Å²) in [5.41, 5.74) is 7.47. The molecule has 3 unspecified atom stereocenters. The molecular weight excluding hydrogens is 358 g/mol. The fraction of sp³-hybridized carbons (Fsp3) is 0.480. The summed E-state index contributed by atoms with van der Waals surface area (Å²) in [4.78, 5) is 4.61. The molecule has 0 spiro atoms.